The van der Waals surface area contributed by atoms with E-state index in [0.29, 0.717) is 16.9 Å². The first kappa shape index (κ1) is 19.6. The second kappa shape index (κ2) is 8.75. The zero-order valence-corrected chi connectivity index (χ0v) is 16.6. The van der Waals surface area contributed by atoms with Crippen molar-refractivity contribution in [3.63, 3.8) is 0 Å². The standard InChI is InChI=1S/C23H17FN4OS/c24-18-6-1-15(2-7-18)17-5-10-21(25)22(11-17)28-23(29)16-3-8-19(9-4-16)30-20-12-26-14-27-13-20/h1-14H,25H2,(H,28,29). The van der Waals surface area contributed by atoms with Crippen molar-refractivity contribution in [1.29, 1.82) is 0 Å². The van der Waals surface area contributed by atoms with Crippen molar-refractivity contribution in [3.8, 4) is 11.1 Å². The predicted molar refractivity (Wildman–Crippen MR) is 117 cm³/mol. The highest BCUT2D eigenvalue weighted by molar-refractivity contribution is 7.99. The molecule has 0 aliphatic carbocycles. The molecule has 5 nitrogen and oxygen atoms in total. The lowest BCUT2D eigenvalue weighted by Crippen LogP contribution is -2.13. The molecule has 0 aliphatic rings. The van der Waals surface area contributed by atoms with Crippen LogP contribution in [0.2, 0.25) is 0 Å². The maximum Gasteiger partial charge on any atom is 0.255 e. The van der Waals surface area contributed by atoms with Gasteiger partial charge in [-0.3, -0.25) is 4.79 Å². The molecule has 4 aromatic rings. The van der Waals surface area contributed by atoms with Gasteiger partial charge in [0.05, 0.1) is 11.4 Å². The lowest BCUT2D eigenvalue weighted by Gasteiger charge is -2.11. The summed E-state index contributed by atoms with van der Waals surface area (Å²) >= 11 is 1.51. The Morgan fingerprint density at radius 1 is 0.867 bits per heavy atom. The van der Waals surface area contributed by atoms with Gasteiger partial charge in [0.25, 0.3) is 5.91 Å². The van der Waals surface area contributed by atoms with Crippen molar-refractivity contribution in [3.05, 3.63) is 96.8 Å². The Kier molecular flexibility index (Phi) is 5.72. The maximum atomic E-state index is 13.2. The molecule has 0 atom stereocenters. The lowest BCUT2D eigenvalue weighted by molar-refractivity contribution is 0.102. The third-order valence-corrected chi connectivity index (χ3v) is 5.32. The summed E-state index contributed by atoms with van der Waals surface area (Å²) in [5, 5.41) is 2.85. The Hall–Kier alpha value is -3.71. The molecule has 1 heterocycles. The smallest absolute Gasteiger partial charge is 0.255 e. The Bertz CT molecular complexity index is 1170. The molecule has 0 saturated carbocycles. The van der Waals surface area contributed by atoms with Gasteiger partial charge in [-0.15, -0.1) is 0 Å². The summed E-state index contributed by atoms with van der Waals surface area (Å²) in [5.41, 5.74) is 9.16. The van der Waals surface area contributed by atoms with Crippen molar-refractivity contribution < 1.29 is 9.18 Å². The van der Waals surface area contributed by atoms with Crippen LogP contribution in [0.15, 0.2) is 95.2 Å². The topological polar surface area (TPSA) is 80.9 Å². The normalized spacial score (nSPS) is 10.6. The molecule has 1 aromatic heterocycles. The third-order valence-electron chi connectivity index (χ3n) is 4.37. The van der Waals surface area contributed by atoms with Crippen LogP contribution in [0.1, 0.15) is 10.4 Å². The molecule has 3 aromatic carbocycles. The zero-order chi connectivity index (χ0) is 20.9. The van der Waals surface area contributed by atoms with E-state index in [2.05, 4.69) is 15.3 Å². The first-order valence-corrected chi connectivity index (χ1v) is 9.90. The van der Waals surface area contributed by atoms with Crippen molar-refractivity contribution >= 4 is 29.0 Å². The number of nitrogen functional groups attached to an aromatic ring is 1. The molecule has 3 N–H and O–H groups in total. The number of aromatic nitrogens is 2. The quantitative estimate of drug-likeness (QED) is 0.433. The SMILES string of the molecule is Nc1ccc(-c2ccc(F)cc2)cc1NC(=O)c1ccc(Sc2cncnc2)cc1. The minimum atomic E-state index is -0.302. The Morgan fingerprint density at radius 3 is 2.23 bits per heavy atom. The van der Waals surface area contributed by atoms with Crippen molar-refractivity contribution in [2.24, 2.45) is 0 Å². The molecule has 0 unspecified atom stereocenters. The van der Waals surface area contributed by atoms with Gasteiger partial charge in [0.15, 0.2) is 0 Å². The van der Waals surface area contributed by atoms with E-state index >= 15 is 0 Å². The van der Waals surface area contributed by atoms with E-state index in [9.17, 15) is 9.18 Å². The number of rotatable bonds is 5. The van der Waals surface area contributed by atoms with E-state index in [4.69, 9.17) is 5.73 Å². The van der Waals surface area contributed by atoms with Gasteiger partial charge in [0.1, 0.15) is 12.1 Å². The zero-order valence-electron chi connectivity index (χ0n) is 15.7. The molecule has 0 aliphatic heterocycles. The van der Waals surface area contributed by atoms with Crippen LogP contribution in [-0.2, 0) is 0 Å². The number of nitrogens with zero attached hydrogens (tertiary/aromatic N) is 2. The fourth-order valence-electron chi connectivity index (χ4n) is 2.83. The number of hydrogen-bond donors (Lipinski definition) is 2. The monoisotopic (exact) mass is 416 g/mol. The van der Waals surface area contributed by atoms with Gasteiger partial charge in [-0.2, -0.15) is 0 Å². The van der Waals surface area contributed by atoms with Gasteiger partial charge in [0, 0.05) is 27.7 Å². The van der Waals surface area contributed by atoms with Crippen molar-refractivity contribution in [2.45, 2.75) is 9.79 Å². The van der Waals surface area contributed by atoms with Crippen LogP contribution < -0.4 is 11.1 Å². The summed E-state index contributed by atoms with van der Waals surface area (Å²) < 4.78 is 13.2. The summed E-state index contributed by atoms with van der Waals surface area (Å²) in [6.45, 7) is 0. The molecule has 1 amide bonds. The molecule has 7 heteroatoms. The van der Waals surface area contributed by atoms with Crippen LogP contribution in [0.5, 0.6) is 0 Å². The van der Waals surface area contributed by atoms with Gasteiger partial charge < -0.3 is 11.1 Å². The van der Waals surface area contributed by atoms with Crippen LogP contribution in [0.25, 0.3) is 11.1 Å². The van der Waals surface area contributed by atoms with Gasteiger partial charge >= 0.3 is 0 Å². The molecular weight excluding hydrogens is 399 g/mol. The summed E-state index contributed by atoms with van der Waals surface area (Å²) in [6, 6.07) is 18.7. The molecule has 4 rings (SSSR count). The second-order valence-corrected chi connectivity index (χ2v) is 7.61. The summed E-state index contributed by atoms with van der Waals surface area (Å²) in [6.07, 6.45) is 4.94. The average molecular weight is 416 g/mol. The maximum absolute atomic E-state index is 13.2. The molecule has 0 radical (unpaired) electrons. The van der Waals surface area contributed by atoms with E-state index in [1.54, 1.807) is 48.8 Å². The number of anilines is 2. The molecular formula is C23H17FN4OS. The first-order chi connectivity index (χ1) is 14.6. The largest absolute Gasteiger partial charge is 0.397 e. The number of carbonyl (C=O) groups is 1. The average Bonchev–Trinajstić information content (AvgIpc) is 2.77. The van der Waals surface area contributed by atoms with Crippen molar-refractivity contribution in [2.75, 3.05) is 11.1 Å². The van der Waals surface area contributed by atoms with Crippen LogP contribution in [-0.4, -0.2) is 15.9 Å². The molecule has 0 spiro atoms. The molecule has 0 bridgehead atoms. The highest BCUT2D eigenvalue weighted by Crippen LogP contribution is 2.29. The summed E-state index contributed by atoms with van der Waals surface area (Å²) in [4.78, 5) is 22.6. The van der Waals surface area contributed by atoms with Gasteiger partial charge in [-0.25, -0.2) is 14.4 Å². The lowest BCUT2D eigenvalue weighted by atomic mass is 10.0. The van der Waals surface area contributed by atoms with Crippen LogP contribution in [0.4, 0.5) is 15.8 Å². The third kappa shape index (κ3) is 4.64. The number of carbonyl (C=O) groups excluding carboxylic acids is 1. The minimum absolute atomic E-state index is 0.266. The Balaban J connectivity index is 1.49. The Labute approximate surface area is 177 Å². The van der Waals surface area contributed by atoms with Gasteiger partial charge in [0.2, 0.25) is 0 Å². The van der Waals surface area contributed by atoms with E-state index in [1.807, 2.05) is 18.2 Å². The highest BCUT2D eigenvalue weighted by Gasteiger charge is 2.10. The second-order valence-electron chi connectivity index (χ2n) is 6.46. The first-order valence-electron chi connectivity index (χ1n) is 9.08. The Morgan fingerprint density at radius 2 is 1.53 bits per heavy atom. The van der Waals surface area contributed by atoms with E-state index in [-0.39, 0.29) is 11.7 Å². The van der Waals surface area contributed by atoms with Crippen LogP contribution in [0.3, 0.4) is 0 Å². The number of nitrogens with two attached hydrogens (primary N) is 1. The number of amides is 1. The molecule has 30 heavy (non-hydrogen) atoms. The summed E-state index contributed by atoms with van der Waals surface area (Å²) in [5.74, 6) is -0.568. The fraction of sp³-hybridized carbons (Fsp3) is 0. The highest BCUT2D eigenvalue weighted by atomic mass is 32.2. The fourth-order valence-corrected chi connectivity index (χ4v) is 3.60. The molecule has 0 saturated heterocycles. The van der Waals surface area contributed by atoms with E-state index in [0.717, 1.165) is 20.9 Å². The van der Waals surface area contributed by atoms with E-state index < -0.39 is 0 Å². The number of benzene rings is 3. The van der Waals surface area contributed by atoms with Crippen molar-refractivity contribution in [1.82, 2.24) is 9.97 Å². The number of halogens is 1. The van der Waals surface area contributed by atoms with Crippen LogP contribution >= 0.6 is 11.8 Å². The van der Waals surface area contributed by atoms with Gasteiger partial charge in [-0.1, -0.05) is 30.0 Å². The predicted octanol–water partition coefficient (Wildman–Crippen LogP) is 5.27. The van der Waals surface area contributed by atoms with Crippen LogP contribution in [0, 0.1) is 5.82 Å². The molecule has 0 fully saturated rings. The minimum Gasteiger partial charge on any atom is -0.397 e. The number of nitrogens with one attached hydrogen (secondary N) is 1. The van der Waals surface area contributed by atoms with E-state index in [1.165, 1.54) is 30.2 Å². The van der Waals surface area contributed by atoms with Gasteiger partial charge in [-0.05, 0) is 59.7 Å². The summed E-state index contributed by atoms with van der Waals surface area (Å²) in [7, 11) is 0. The molecule has 148 valence electrons. The number of hydrogen-bond acceptors (Lipinski definition) is 5.